The van der Waals surface area contributed by atoms with Crippen LogP contribution in [0.1, 0.15) is 41.7 Å². The average Bonchev–Trinajstić information content (AvgIpc) is 2.92. The lowest BCUT2D eigenvalue weighted by molar-refractivity contribution is 0.0586. The third-order valence-electron chi connectivity index (χ3n) is 5.08. The molecule has 2 atom stereocenters. The van der Waals surface area contributed by atoms with Crippen LogP contribution in [0, 0.1) is 5.92 Å². The van der Waals surface area contributed by atoms with E-state index in [4.69, 9.17) is 0 Å². The number of hydrogen-bond acceptors (Lipinski definition) is 6. The van der Waals surface area contributed by atoms with E-state index in [-0.39, 0.29) is 11.9 Å². The first-order valence-electron chi connectivity index (χ1n) is 9.01. The summed E-state index contributed by atoms with van der Waals surface area (Å²) in [4.78, 5) is 30.6. The van der Waals surface area contributed by atoms with E-state index in [0.29, 0.717) is 11.6 Å². The van der Waals surface area contributed by atoms with Gasteiger partial charge in [0.1, 0.15) is 11.5 Å². The molecule has 25 heavy (non-hydrogen) atoms. The highest BCUT2D eigenvalue weighted by Crippen LogP contribution is 2.31. The molecule has 1 amide bonds. The summed E-state index contributed by atoms with van der Waals surface area (Å²) < 4.78 is 0. The van der Waals surface area contributed by atoms with E-state index in [1.165, 1.54) is 6.42 Å². The molecule has 2 bridgehead atoms. The number of anilines is 1. The van der Waals surface area contributed by atoms with Gasteiger partial charge in [0.05, 0.1) is 11.2 Å². The van der Waals surface area contributed by atoms with Gasteiger partial charge in [0.15, 0.2) is 0 Å². The number of fused-ring (bicyclic) bond motifs is 4. The Kier molecular flexibility index (Phi) is 4.65. The zero-order valence-corrected chi connectivity index (χ0v) is 15.3. The van der Waals surface area contributed by atoms with E-state index in [1.54, 1.807) is 23.7 Å². The van der Waals surface area contributed by atoms with Crippen molar-refractivity contribution in [1.29, 1.82) is 0 Å². The monoisotopic (exact) mass is 357 g/mol. The highest BCUT2D eigenvalue weighted by Gasteiger charge is 2.38. The molecule has 5 heterocycles. The Bertz CT molecular complexity index is 734. The number of carbonyl (C=O) groups excluding carboxylic acids is 1. The third kappa shape index (κ3) is 3.38. The zero-order valence-electron chi connectivity index (χ0n) is 14.5. The van der Waals surface area contributed by atoms with Crippen molar-refractivity contribution in [2.75, 3.05) is 24.5 Å². The van der Waals surface area contributed by atoms with Crippen LogP contribution < -0.4 is 4.90 Å². The molecule has 2 aromatic heterocycles. The Morgan fingerprint density at radius 2 is 2.20 bits per heavy atom. The summed E-state index contributed by atoms with van der Waals surface area (Å²) in [5.74, 6) is 1.49. The number of piperidine rings is 1. The molecule has 0 N–H and O–H groups in total. The highest BCUT2D eigenvalue weighted by molar-refractivity contribution is 7.09. The van der Waals surface area contributed by atoms with Crippen LogP contribution in [-0.2, 0) is 6.42 Å². The molecule has 3 fully saturated rings. The minimum atomic E-state index is 0.0919. The molecule has 5 rings (SSSR count). The molecular formula is C18H23N5OS. The van der Waals surface area contributed by atoms with Crippen molar-refractivity contribution in [2.45, 2.75) is 38.6 Å². The second-order valence-electron chi connectivity index (χ2n) is 6.90. The summed E-state index contributed by atoms with van der Waals surface area (Å²) in [5.41, 5.74) is 0.618. The second kappa shape index (κ2) is 7.07. The van der Waals surface area contributed by atoms with Crippen LogP contribution in [-0.4, -0.2) is 51.4 Å². The van der Waals surface area contributed by atoms with Crippen LogP contribution in [0.5, 0.6) is 0 Å². The van der Waals surface area contributed by atoms with Crippen molar-refractivity contribution in [3.05, 3.63) is 34.7 Å². The first-order chi connectivity index (χ1) is 12.2. The molecule has 3 aliphatic heterocycles. The van der Waals surface area contributed by atoms with Crippen molar-refractivity contribution in [2.24, 2.45) is 5.92 Å². The summed E-state index contributed by atoms with van der Waals surface area (Å²) in [6.07, 6.45) is 9.47. The average molecular weight is 357 g/mol. The fourth-order valence-electron chi connectivity index (χ4n) is 3.86. The number of aromatic nitrogens is 3. The Labute approximate surface area is 151 Å². The molecule has 0 aromatic carbocycles. The van der Waals surface area contributed by atoms with E-state index >= 15 is 0 Å². The van der Waals surface area contributed by atoms with Crippen LogP contribution in [0.2, 0.25) is 0 Å². The van der Waals surface area contributed by atoms with Gasteiger partial charge in [-0.05, 0) is 31.6 Å². The molecule has 0 radical (unpaired) electrons. The maximum Gasteiger partial charge on any atom is 0.273 e. The molecule has 132 valence electrons. The number of hydrogen-bond donors (Lipinski definition) is 0. The van der Waals surface area contributed by atoms with Gasteiger partial charge in [-0.3, -0.25) is 9.78 Å². The summed E-state index contributed by atoms with van der Waals surface area (Å²) in [5, 5.41) is 2.99. The standard InChI is InChI=1S/C18H23N5OS/c1-2-3-17-21-15(12-25-17)18(24)23-10-13-4-5-14(23)11-22(9-13)16-8-19-6-7-20-16/h6-8,12-14H,2-5,9-11H2,1H3/t13-,14+/m0/s1. The van der Waals surface area contributed by atoms with Crippen molar-refractivity contribution < 1.29 is 4.79 Å². The number of nitrogens with zero attached hydrogens (tertiary/aromatic N) is 5. The molecule has 3 aliphatic rings. The predicted molar refractivity (Wildman–Crippen MR) is 97.9 cm³/mol. The fourth-order valence-corrected chi connectivity index (χ4v) is 4.73. The summed E-state index contributed by atoms with van der Waals surface area (Å²) >= 11 is 1.60. The summed E-state index contributed by atoms with van der Waals surface area (Å²) in [6, 6.07) is 0.226. The van der Waals surface area contributed by atoms with Crippen LogP contribution >= 0.6 is 11.3 Å². The van der Waals surface area contributed by atoms with Crippen LogP contribution in [0.4, 0.5) is 5.82 Å². The topological polar surface area (TPSA) is 62.2 Å². The number of thiazole rings is 1. The minimum Gasteiger partial charge on any atom is -0.353 e. The lowest BCUT2D eigenvalue weighted by Crippen LogP contribution is -2.47. The van der Waals surface area contributed by atoms with Gasteiger partial charge in [-0.1, -0.05) is 6.92 Å². The number of amides is 1. The van der Waals surface area contributed by atoms with Gasteiger partial charge in [0, 0.05) is 43.4 Å². The molecule has 0 aliphatic carbocycles. The van der Waals surface area contributed by atoms with Crippen LogP contribution in [0.3, 0.4) is 0 Å². The van der Waals surface area contributed by atoms with Crippen molar-refractivity contribution in [3.8, 4) is 0 Å². The molecular weight excluding hydrogens is 334 g/mol. The van der Waals surface area contributed by atoms with Crippen molar-refractivity contribution in [3.63, 3.8) is 0 Å². The Morgan fingerprint density at radius 1 is 1.28 bits per heavy atom. The van der Waals surface area contributed by atoms with Gasteiger partial charge in [0.2, 0.25) is 0 Å². The van der Waals surface area contributed by atoms with E-state index in [2.05, 4.69) is 31.7 Å². The smallest absolute Gasteiger partial charge is 0.273 e. The Morgan fingerprint density at radius 3 is 3.00 bits per heavy atom. The molecule has 0 spiro atoms. The molecule has 3 saturated heterocycles. The van der Waals surface area contributed by atoms with Gasteiger partial charge in [-0.25, -0.2) is 9.97 Å². The Balaban J connectivity index is 1.53. The molecule has 0 saturated carbocycles. The molecule has 2 aromatic rings. The maximum atomic E-state index is 13.0. The summed E-state index contributed by atoms with van der Waals surface area (Å²) in [7, 11) is 0. The van der Waals surface area contributed by atoms with Gasteiger partial charge < -0.3 is 9.80 Å². The van der Waals surface area contributed by atoms with Gasteiger partial charge >= 0.3 is 0 Å². The largest absolute Gasteiger partial charge is 0.353 e. The van der Waals surface area contributed by atoms with Gasteiger partial charge in [0.25, 0.3) is 5.91 Å². The molecule has 0 unspecified atom stereocenters. The normalized spacial score (nSPS) is 22.9. The van der Waals surface area contributed by atoms with E-state index in [0.717, 1.165) is 49.7 Å². The predicted octanol–water partition coefficient (Wildman–Crippen LogP) is 2.63. The van der Waals surface area contributed by atoms with Crippen LogP contribution in [0.15, 0.2) is 24.0 Å². The molecule has 7 heteroatoms. The Hall–Kier alpha value is -2.02. The number of aryl methyl sites for hydroxylation is 1. The SMILES string of the molecule is CCCc1nc(C(=O)N2C[C@H]3CC[C@@H]2CN(c2cnccn2)C3)cs1. The lowest BCUT2D eigenvalue weighted by Gasteiger charge is -2.35. The van der Waals surface area contributed by atoms with Gasteiger partial charge in [-0.15, -0.1) is 11.3 Å². The maximum absolute atomic E-state index is 13.0. The van der Waals surface area contributed by atoms with Crippen LogP contribution in [0.25, 0.3) is 0 Å². The fraction of sp³-hybridized carbons (Fsp3) is 0.556. The number of rotatable bonds is 4. The first kappa shape index (κ1) is 16.4. The van der Waals surface area contributed by atoms with E-state index in [9.17, 15) is 4.79 Å². The van der Waals surface area contributed by atoms with E-state index in [1.807, 2.05) is 11.6 Å². The van der Waals surface area contributed by atoms with Crippen molar-refractivity contribution in [1.82, 2.24) is 19.9 Å². The summed E-state index contributed by atoms with van der Waals surface area (Å²) in [6.45, 7) is 4.72. The second-order valence-corrected chi connectivity index (χ2v) is 7.84. The van der Waals surface area contributed by atoms with Crippen molar-refractivity contribution >= 4 is 23.1 Å². The van der Waals surface area contributed by atoms with E-state index < -0.39 is 0 Å². The minimum absolute atomic E-state index is 0.0919. The molecule has 6 nitrogen and oxygen atoms in total. The lowest BCUT2D eigenvalue weighted by atomic mass is 9.95. The number of carbonyl (C=O) groups is 1. The quantitative estimate of drug-likeness (QED) is 0.842. The highest BCUT2D eigenvalue weighted by atomic mass is 32.1. The zero-order chi connectivity index (χ0) is 17.2. The van der Waals surface area contributed by atoms with Gasteiger partial charge in [-0.2, -0.15) is 0 Å². The first-order valence-corrected chi connectivity index (χ1v) is 9.89. The third-order valence-corrected chi connectivity index (χ3v) is 5.99.